The van der Waals surface area contributed by atoms with Gasteiger partial charge in [-0.15, -0.1) is 0 Å². The molecule has 0 aliphatic carbocycles. The third kappa shape index (κ3) is 4.28. The largest absolute Gasteiger partial charge is 0.493 e. The number of nitrogens with zero attached hydrogens (tertiary/aromatic N) is 2. The van der Waals surface area contributed by atoms with Crippen LogP contribution in [-0.2, 0) is 9.53 Å². The summed E-state index contributed by atoms with van der Waals surface area (Å²) in [7, 11) is 3.14. The summed E-state index contributed by atoms with van der Waals surface area (Å²) in [6.07, 6.45) is 1.79. The molecule has 1 aliphatic rings. The summed E-state index contributed by atoms with van der Waals surface area (Å²) >= 11 is 1.28. The third-order valence-electron chi connectivity index (χ3n) is 5.62. The Hall–Kier alpha value is -3.65. The highest BCUT2D eigenvalue weighted by Gasteiger charge is 2.33. The van der Waals surface area contributed by atoms with Crippen molar-refractivity contribution in [2.75, 3.05) is 20.8 Å². The molecule has 0 N–H and O–H groups in total. The van der Waals surface area contributed by atoms with E-state index in [-0.39, 0.29) is 12.2 Å². The number of aryl methyl sites for hydroxylation is 1. The van der Waals surface area contributed by atoms with Crippen molar-refractivity contribution in [2.24, 2.45) is 4.99 Å². The van der Waals surface area contributed by atoms with Gasteiger partial charge in [0.05, 0.1) is 42.7 Å². The molecule has 0 saturated heterocycles. The van der Waals surface area contributed by atoms with Gasteiger partial charge < -0.3 is 14.2 Å². The number of methoxy groups -OCH3 is 2. The second-order valence-electron chi connectivity index (χ2n) is 7.83. The van der Waals surface area contributed by atoms with E-state index in [1.165, 1.54) is 11.3 Å². The lowest BCUT2D eigenvalue weighted by atomic mass is 9.95. The minimum Gasteiger partial charge on any atom is -0.493 e. The van der Waals surface area contributed by atoms with Crippen LogP contribution in [0.25, 0.3) is 6.08 Å². The highest BCUT2D eigenvalue weighted by molar-refractivity contribution is 7.07. The van der Waals surface area contributed by atoms with Crippen molar-refractivity contribution >= 4 is 23.4 Å². The molecule has 0 spiro atoms. The molecule has 0 bridgehead atoms. The first-order valence-corrected chi connectivity index (χ1v) is 11.7. The lowest BCUT2D eigenvalue weighted by Crippen LogP contribution is -2.39. The number of fused-ring (bicyclic) bond motifs is 1. The van der Waals surface area contributed by atoms with Gasteiger partial charge in [-0.2, -0.15) is 0 Å². The monoisotopic (exact) mass is 478 g/mol. The number of allylic oxidation sites excluding steroid dienone is 1. The number of carbonyl (C=O) groups excluding carboxylic acids is 1. The van der Waals surface area contributed by atoms with Gasteiger partial charge in [-0.25, -0.2) is 9.79 Å². The molecule has 1 aliphatic heterocycles. The van der Waals surface area contributed by atoms with Crippen LogP contribution in [0.2, 0.25) is 0 Å². The van der Waals surface area contributed by atoms with E-state index >= 15 is 0 Å². The van der Waals surface area contributed by atoms with E-state index in [0.29, 0.717) is 32.1 Å². The van der Waals surface area contributed by atoms with Gasteiger partial charge in [-0.1, -0.05) is 47.2 Å². The van der Waals surface area contributed by atoms with E-state index in [0.717, 1.165) is 16.7 Å². The fraction of sp³-hybridized carbons (Fsp3) is 0.269. The van der Waals surface area contributed by atoms with Crippen LogP contribution in [0.5, 0.6) is 11.5 Å². The minimum atomic E-state index is -0.622. The smallest absolute Gasteiger partial charge is 0.338 e. The Morgan fingerprint density at radius 1 is 1.09 bits per heavy atom. The first-order chi connectivity index (χ1) is 16.4. The summed E-state index contributed by atoms with van der Waals surface area (Å²) in [6.45, 7) is 5.76. The lowest BCUT2D eigenvalue weighted by Gasteiger charge is -2.24. The van der Waals surface area contributed by atoms with Crippen LogP contribution < -0.4 is 24.4 Å². The molecule has 1 aromatic heterocycles. The van der Waals surface area contributed by atoms with E-state index in [4.69, 9.17) is 14.2 Å². The number of hydrogen-bond acceptors (Lipinski definition) is 7. The van der Waals surface area contributed by atoms with Crippen LogP contribution in [0.15, 0.2) is 63.5 Å². The van der Waals surface area contributed by atoms with Gasteiger partial charge in [0.2, 0.25) is 0 Å². The molecule has 0 unspecified atom stereocenters. The van der Waals surface area contributed by atoms with Crippen molar-refractivity contribution in [3.8, 4) is 11.5 Å². The highest BCUT2D eigenvalue weighted by atomic mass is 32.1. The fourth-order valence-electron chi connectivity index (χ4n) is 3.95. The highest BCUT2D eigenvalue weighted by Crippen LogP contribution is 2.31. The number of hydrogen-bond donors (Lipinski definition) is 0. The van der Waals surface area contributed by atoms with E-state index in [1.807, 2.05) is 43.3 Å². The molecular formula is C26H26N2O5S. The maximum absolute atomic E-state index is 13.6. The summed E-state index contributed by atoms with van der Waals surface area (Å²) in [5.74, 6) is 0.709. The molecule has 1 atom stereocenters. The van der Waals surface area contributed by atoms with E-state index < -0.39 is 12.0 Å². The van der Waals surface area contributed by atoms with Gasteiger partial charge in [-0.05, 0) is 50.1 Å². The topological polar surface area (TPSA) is 79.1 Å². The fourth-order valence-corrected chi connectivity index (χ4v) is 5.00. The third-order valence-corrected chi connectivity index (χ3v) is 6.60. The summed E-state index contributed by atoms with van der Waals surface area (Å²) < 4.78 is 18.1. The number of carbonyl (C=O) groups is 1. The second kappa shape index (κ2) is 9.69. The molecule has 0 amide bonds. The summed E-state index contributed by atoms with van der Waals surface area (Å²) in [6, 6.07) is 12.6. The van der Waals surface area contributed by atoms with Gasteiger partial charge in [0, 0.05) is 0 Å². The van der Waals surface area contributed by atoms with E-state index in [2.05, 4.69) is 4.99 Å². The van der Waals surface area contributed by atoms with Crippen molar-refractivity contribution in [2.45, 2.75) is 26.8 Å². The molecule has 2 heterocycles. The number of aromatic nitrogens is 1. The zero-order chi connectivity index (χ0) is 24.4. The van der Waals surface area contributed by atoms with Crippen molar-refractivity contribution < 1.29 is 19.0 Å². The van der Waals surface area contributed by atoms with Crippen molar-refractivity contribution in [3.05, 3.63) is 90.1 Å². The van der Waals surface area contributed by atoms with Crippen LogP contribution in [-0.4, -0.2) is 31.4 Å². The molecular weight excluding hydrogens is 452 g/mol. The summed E-state index contributed by atoms with van der Waals surface area (Å²) in [4.78, 5) is 31.7. The molecule has 3 aromatic rings. The van der Waals surface area contributed by atoms with Crippen LogP contribution in [0.4, 0.5) is 0 Å². The predicted octanol–water partition coefficient (Wildman–Crippen LogP) is 3.12. The Morgan fingerprint density at radius 3 is 2.44 bits per heavy atom. The zero-order valence-corrected chi connectivity index (χ0v) is 20.6. The average Bonchev–Trinajstić information content (AvgIpc) is 3.13. The maximum atomic E-state index is 13.6. The van der Waals surface area contributed by atoms with Gasteiger partial charge in [-0.3, -0.25) is 9.36 Å². The molecule has 0 saturated carbocycles. The number of rotatable bonds is 6. The van der Waals surface area contributed by atoms with Crippen LogP contribution in [0.3, 0.4) is 0 Å². The summed E-state index contributed by atoms with van der Waals surface area (Å²) in [5, 5.41) is 0. The predicted molar refractivity (Wildman–Crippen MR) is 131 cm³/mol. The van der Waals surface area contributed by atoms with E-state index in [1.54, 1.807) is 44.8 Å². The Kier molecular flexibility index (Phi) is 6.70. The number of benzene rings is 2. The van der Waals surface area contributed by atoms with Crippen molar-refractivity contribution in [1.82, 2.24) is 4.57 Å². The average molecular weight is 479 g/mol. The zero-order valence-electron chi connectivity index (χ0n) is 19.7. The molecule has 8 heteroatoms. The van der Waals surface area contributed by atoms with Gasteiger partial charge in [0.1, 0.15) is 0 Å². The first-order valence-electron chi connectivity index (χ1n) is 10.9. The molecule has 4 rings (SSSR count). The molecule has 34 heavy (non-hydrogen) atoms. The van der Waals surface area contributed by atoms with Crippen LogP contribution in [0, 0.1) is 6.92 Å². The van der Waals surface area contributed by atoms with Gasteiger partial charge in [0.25, 0.3) is 5.56 Å². The second-order valence-corrected chi connectivity index (χ2v) is 8.84. The number of esters is 1. The Morgan fingerprint density at radius 2 is 1.79 bits per heavy atom. The molecule has 176 valence electrons. The van der Waals surface area contributed by atoms with Gasteiger partial charge in [0.15, 0.2) is 16.3 Å². The number of ether oxygens (including phenoxy) is 3. The SMILES string of the molecule is CCOC(=O)C1=C(C)N=c2s/c(=C/c3ccc(OC)c(OC)c3)c(=O)n2[C@H]1c1ccc(C)cc1. The first kappa shape index (κ1) is 23.5. The number of thiazole rings is 1. The molecule has 0 radical (unpaired) electrons. The quantitative estimate of drug-likeness (QED) is 0.509. The lowest BCUT2D eigenvalue weighted by molar-refractivity contribution is -0.139. The minimum absolute atomic E-state index is 0.224. The normalized spacial score (nSPS) is 15.6. The van der Waals surface area contributed by atoms with Gasteiger partial charge >= 0.3 is 5.97 Å². The summed E-state index contributed by atoms with van der Waals surface area (Å²) in [5.41, 5.74) is 3.39. The van der Waals surface area contributed by atoms with E-state index in [9.17, 15) is 9.59 Å². The maximum Gasteiger partial charge on any atom is 0.338 e. The Labute approximate surface area is 201 Å². The molecule has 0 fully saturated rings. The standard InChI is InChI=1S/C26H26N2O5S/c1-6-33-25(30)22-16(3)27-26-28(23(22)18-10-7-15(2)8-11-18)24(29)21(34-26)14-17-9-12-19(31-4)20(13-17)32-5/h7-14,23H,6H2,1-5H3/b21-14+/t23-/m0/s1. The van der Waals surface area contributed by atoms with Crippen molar-refractivity contribution in [3.63, 3.8) is 0 Å². The Balaban J connectivity index is 1.92. The molecule has 2 aromatic carbocycles. The van der Waals surface area contributed by atoms with Crippen LogP contribution >= 0.6 is 11.3 Å². The van der Waals surface area contributed by atoms with Crippen LogP contribution in [0.1, 0.15) is 36.6 Å². The van der Waals surface area contributed by atoms with Crippen molar-refractivity contribution in [1.29, 1.82) is 0 Å². The molecule has 7 nitrogen and oxygen atoms in total. The Bertz CT molecular complexity index is 1450.